The molecule has 0 N–H and O–H groups in total. The second kappa shape index (κ2) is 68.4. The van der Waals surface area contributed by atoms with Gasteiger partial charge < -0.3 is 1.43 Å². The minimum Gasteiger partial charge on any atom is -1.00 e. The van der Waals surface area contributed by atoms with Gasteiger partial charge in [-0.2, -0.15) is 0 Å². The third kappa shape index (κ3) is 50.4. The van der Waals surface area contributed by atoms with Crippen molar-refractivity contribution in [3.8, 4) is 0 Å². The molecule has 0 aromatic carbocycles. The van der Waals surface area contributed by atoms with Crippen LogP contribution in [0.5, 0.6) is 0 Å². The first-order valence-electron chi connectivity index (χ1n) is 0. The number of halogens is 6. The van der Waals surface area contributed by atoms with E-state index in [0.717, 1.165) is 0 Å². The van der Waals surface area contributed by atoms with E-state index < -0.39 is 0 Å². The van der Waals surface area contributed by atoms with E-state index in [2.05, 4.69) is 0 Å². The molecule has 0 aromatic rings. The number of hydrogen-bond donors (Lipinski definition) is 0. The maximum absolute atomic E-state index is 0. The number of hydrogen-bond acceptors (Lipinski definition) is 0. The van der Waals surface area contributed by atoms with Gasteiger partial charge in [0.15, 0.2) is 0 Å². The van der Waals surface area contributed by atoms with Gasteiger partial charge in [-0.1, -0.05) is 0 Å². The summed E-state index contributed by atoms with van der Waals surface area (Å²) in [5.41, 5.74) is 0. The van der Waals surface area contributed by atoms with Crippen LogP contribution in [0.3, 0.4) is 0 Å². The summed E-state index contributed by atoms with van der Waals surface area (Å²) >= 11 is 0. The van der Waals surface area contributed by atoms with Crippen molar-refractivity contribution in [3.63, 3.8) is 0 Å². The molecule has 0 fully saturated rings. The Morgan fingerprint density at radius 1 is 0.500 bits per heavy atom. The Morgan fingerprint density at radius 2 is 0.500 bits per heavy atom. The molecule has 0 aliphatic heterocycles. The fourth-order valence-electron chi connectivity index (χ4n) is 0. The zero-order valence-corrected chi connectivity index (χ0v) is 14.2. The molecule has 0 saturated carbocycles. The maximum atomic E-state index is 0. The van der Waals surface area contributed by atoms with Crippen LogP contribution in [0.25, 0.3) is 0 Å². The van der Waals surface area contributed by atoms with Crippen molar-refractivity contribution in [1.29, 1.82) is 0 Å². The van der Waals surface area contributed by atoms with Crippen molar-refractivity contribution in [2.75, 3.05) is 0 Å². The van der Waals surface area contributed by atoms with Crippen LogP contribution in [0.1, 0.15) is 1.43 Å². The predicted octanol–water partition coefficient (Wildman–Crippen LogP) is -0.355. The third-order valence-corrected chi connectivity index (χ3v) is 0. The van der Waals surface area contributed by atoms with E-state index in [1.54, 1.807) is 0 Å². The Bertz CT molecular complexity index is 13.0. The summed E-state index contributed by atoms with van der Waals surface area (Å²) in [5, 5.41) is 0. The minimum atomic E-state index is 0. The second-order valence-electron chi connectivity index (χ2n) is 0. The molecule has 0 saturated heterocycles. The summed E-state index contributed by atoms with van der Waals surface area (Å²) in [4.78, 5) is 0. The van der Waals surface area contributed by atoms with Gasteiger partial charge >= 0.3 is 51.4 Å². The topological polar surface area (TPSA) is 0 Å². The molecular formula is H7Cl6IrK. The van der Waals surface area contributed by atoms with E-state index in [4.69, 9.17) is 0 Å². The average Bonchev–Trinajstić information content (AvgIpc) is 0. The van der Waals surface area contributed by atoms with Crippen LogP contribution < -0.4 is 51.4 Å². The van der Waals surface area contributed by atoms with Gasteiger partial charge in [-0.3, -0.25) is 0 Å². The molecule has 8 heavy (non-hydrogen) atoms. The van der Waals surface area contributed by atoms with E-state index in [9.17, 15) is 0 Å². The summed E-state index contributed by atoms with van der Waals surface area (Å²) in [6, 6.07) is 0. The molecule has 59 valence electrons. The monoisotopic (exact) mass is 449 g/mol. The fourth-order valence-corrected chi connectivity index (χ4v) is 0. The normalized spacial score (nSPS) is 0. The van der Waals surface area contributed by atoms with E-state index >= 15 is 0 Å². The first kappa shape index (κ1) is 90.2. The number of rotatable bonds is 0. The Morgan fingerprint density at radius 3 is 0.500 bits per heavy atom. The fraction of sp³-hybridized carbons (Fsp3) is 0. The maximum Gasteiger partial charge on any atom is 1.00 e. The minimum absolute atomic E-state index is 0. The molecule has 0 rings (SSSR count). The van der Waals surface area contributed by atoms with Gasteiger partial charge in [-0.05, 0) is 0 Å². The van der Waals surface area contributed by atoms with Gasteiger partial charge in [0.1, 0.15) is 0 Å². The van der Waals surface area contributed by atoms with Gasteiger partial charge in [0, 0.05) is 20.1 Å². The van der Waals surface area contributed by atoms with Gasteiger partial charge in [0.05, 0.1) is 0 Å². The molecular weight excluding hydrogens is 444 g/mol. The molecule has 0 unspecified atom stereocenters. The molecule has 8 heteroatoms. The molecule has 0 heterocycles. The van der Waals surface area contributed by atoms with Crippen LogP contribution >= 0.6 is 74.4 Å². The largest absolute Gasteiger partial charge is 1.00 e. The SMILES string of the molecule is Cl.Cl.Cl.Cl.Cl.Cl.[H-].[Ir].[K+]. The van der Waals surface area contributed by atoms with Crippen LogP contribution in [-0.2, 0) is 20.1 Å². The summed E-state index contributed by atoms with van der Waals surface area (Å²) in [7, 11) is 0. The predicted molar refractivity (Wildman–Crippen MR) is 44.6 cm³/mol. The van der Waals surface area contributed by atoms with Crippen molar-refractivity contribution >= 4 is 74.4 Å². The van der Waals surface area contributed by atoms with Crippen LogP contribution in [0.15, 0.2) is 0 Å². The van der Waals surface area contributed by atoms with E-state index in [0.29, 0.717) is 0 Å². The summed E-state index contributed by atoms with van der Waals surface area (Å²) in [5.74, 6) is 0. The molecule has 1 radical (unpaired) electrons. The smallest absolute Gasteiger partial charge is 1.00 e. The van der Waals surface area contributed by atoms with Crippen molar-refractivity contribution in [2.24, 2.45) is 0 Å². The van der Waals surface area contributed by atoms with Crippen molar-refractivity contribution in [1.82, 2.24) is 0 Å². The zero-order chi connectivity index (χ0) is 0. The van der Waals surface area contributed by atoms with E-state index in [-0.39, 0.29) is 147 Å². The van der Waals surface area contributed by atoms with Crippen LogP contribution in [0, 0.1) is 0 Å². The van der Waals surface area contributed by atoms with Gasteiger partial charge in [0.25, 0.3) is 0 Å². The third-order valence-electron chi connectivity index (χ3n) is 0. The van der Waals surface area contributed by atoms with Crippen LogP contribution in [0.2, 0.25) is 0 Å². The van der Waals surface area contributed by atoms with E-state index in [1.807, 2.05) is 0 Å². The average molecular weight is 451 g/mol. The van der Waals surface area contributed by atoms with Gasteiger partial charge in [0.2, 0.25) is 0 Å². The molecule has 0 aliphatic rings. The molecule has 0 nitrogen and oxygen atoms in total. The molecule has 0 bridgehead atoms. The standard InChI is InChI=1S/6ClH.Ir.K.H/h6*1H;;;/q;;;;;;;+1;-1. The molecule has 0 aromatic heterocycles. The van der Waals surface area contributed by atoms with Gasteiger partial charge in [-0.25, -0.2) is 0 Å². The summed E-state index contributed by atoms with van der Waals surface area (Å²) in [6.45, 7) is 0. The molecule has 0 amide bonds. The van der Waals surface area contributed by atoms with Crippen LogP contribution in [-0.4, -0.2) is 0 Å². The quantitative estimate of drug-likeness (QED) is 0.442. The van der Waals surface area contributed by atoms with Crippen molar-refractivity contribution in [2.45, 2.75) is 0 Å². The summed E-state index contributed by atoms with van der Waals surface area (Å²) < 4.78 is 0. The van der Waals surface area contributed by atoms with E-state index in [1.165, 1.54) is 0 Å². The zero-order valence-electron chi connectivity index (χ0n) is 4.78. The Hall–Kier alpha value is 4.03. The molecule has 0 spiro atoms. The van der Waals surface area contributed by atoms with Crippen molar-refractivity contribution < 1.29 is 72.9 Å². The van der Waals surface area contributed by atoms with Gasteiger partial charge in [-0.15, -0.1) is 74.4 Å². The van der Waals surface area contributed by atoms with Crippen LogP contribution in [0.4, 0.5) is 0 Å². The first-order valence-corrected chi connectivity index (χ1v) is 0. The first-order chi connectivity index (χ1) is 0. The molecule has 0 atom stereocenters. The molecule has 0 aliphatic carbocycles. The summed E-state index contributed by atoms with van der Waals surface area (Å²) in [6.07, 6.45) is 0. The Balaban J connectivity index is 0. The Kier molecular flexibility index (Phi) is 771. The van der Waals surface area contributed by atoms with Crippen molar-refractivity contribution in [3.05, 3.63) is 0 Å². The second-order valence-corrected chi connectivity index (χ2v) is 0. The Labute approximate surface area is 144 Å².